The van der Waals surface area contributed by atoms with Gasteiger partial charge in [0.2, 0.25) is 0 Å². The number of ether oxygens (including phenoxy) is 2. The lowest BCUT2D eigenvalue weighted by atomic mass is 9.91. The molecular weight excluding hydrogens is 284 g/mol. The van der Waals surface area contributed by atoms with E-state index < -0.39 is 0 Å². The third-order valence-corrected chi connectivity index (χ3v) is 4.30. The van der Waals surface area contributed by atoms with Crippen LogP contribution in [0.1, 0.15) is 30.4 Å². The van der Waals surface area contributed by atoms with E-state index in [0.29, 0.717) is 13.2 Å². The predicted octanol–water partition coefficient (Wildman–Crippen LogP) is 4.90. The second-order valence-corrected chi connectivity index (χ2v) is 6.16. The molecule has 0 radical (unpaired) electrons. The summed E-state index contributed by atoms with van der Waals surface area (Å²) in [5.41, 5.74) is 3.67. The first-order chi connectivity index (χ1) is 11.3. The Hall–Kier alpha value is -1.90. The number of hydrogen-bond donors (Lipinski definition) is 0. The summed E-state index contributed by atoms with van der Waals surface area (Å²) in [7, 11) is 0. The van der Waals surface area contributed by atoms with Crippen LogP contribution in [0.3, 0.4) is 0 Å². The molecule has 1 aliphatic rings. The van der Waals surface area contributed by atoms with Crippen molar-refractivity contribution in [2.24, 2.45) is 0 Å². The second-order valence-electron chi connectivity index (χ2n) is 6.16. The van der Waals surface area contributed by atoms with Gasteiger partial charge in [-0.15, -0.1) is 0 Å². The molecule has 2 atom stereocenters. The van der Waals surface area contributed by atoms with E-state index >= 15 is 0 Å². The van der Waals surface area contributed by atoms with Crippen molar-refractivity contribution in [2.75, 3.05) is 0 Å². The summed E-state index contributed by atoms with van der Waals surface area (Å²) in [5, 5.41) is 0. The smallest absolute Gasteiger partial charge is 0.0878 e. The maximum Gasteiger partial charge on any atom is 0.0878 e. The second kappa shape index (κ2) is 8.09. The highest BCUT2D eigenvalue weighted by atomic mass is 16.5. The molecule has 2 aromatic carbocycles. The van der Waals surface area contributed by atoms with Crippen molar-refractivity contribution in [1.29, 1.82) is 0 Å². The highest BCUT2D eigenvalue weighted by Gasteiger charge is 2.28. The molecule has 3 rings (SSSR count). The number of hydrogen-bond acceptors (Lipinski definition) is 2. The van der Waals surface area contributed by atoms with Crippen LogP contribution in [0.5, 0.6) is 0 Å². The quantitative estimate of drug-likeness (QED) is 0.707. The van der Waals surface area contributed by atoms with Crippen molar-refractivity contribution in [3.05, 3.63) is 83.9 Å². The van der Waals surface area contributed by atoms with Gasteiger partial charge in [-0.05, 0) is 30.4 Å². The summed E-state index contributed by atoms with van der Waals surface area (Å²) >= 11 is 0. The zero-order valence-electron chi connectivity index (χ0n) is 13.5. The van der Waals surface area contributed by atoms with Gasteiger partial charge in [0.15, 0.2) is 0 Å². The van der Waals surface area contributed by atoms with Crippen LogP contribution in [0.2, 0.25) is 0 Å². The lowest BCUT2D eigenvalue weighted by molar-refractivity contribution is -0.0953. The summed E-state index contributed by atoms with van der Waals surface area (Å²) in [6.45, 7) is 5.41. The Labute approximate surface area is 138 Å². The Balaban J connectivity index is 1.57. The highest BCUT2D eigenvalue weighted by molar-refractivity contribution is 5.15. The average molecular weight is 308 g/mol. The molecule has 2 nitrogen and oxygen atoms in total. The van der Waals surface area contributed by atoms with Crippen LogP contribution < -0.4 is 0 Å². The van der Waals surface area contributed by atoms with E-state index in [0.717, 1.165) is 19.3 Å². The van der Waals surface area contributed by atoms with Gasteiger partial charge >= 0.3 is 0 Å². The van der Waals surface area contributed by atoms with E-state index in [1.807, 2.05) is 36.4 Å². The third kappa shape index (κ3) is 4.78. The largest absolute Gasteiger partial charge is 0.371 e. The Morgan fingerprint density at radius 3 is 1.87 bits per heavy atom. The van der Waals surface area contributed by atoms with Gasteiger partial charge in [0.1, 0.15) is 0 Å². The molecule has 0 bridgehead atoms. The lowest BCUT2D eigenvalue weighted by Gasteiger charge is -2.32. The van der Waals surface area contributed by atoms with Crippen LogP contribution >= 0.6 is 0 Å². The summed E-state index contributed by atoms with van der Waals surface area (Å²) in [6, 6.07) is 20.6. The van der Waals surface area contributed by atoms with Crippen LogP contribution in [0.25, 0.3) is 0 Å². The SMILES string of the molecule is C=C1CCC(OCc2ccccc2)C(OCc2ccccc2)C1. The Bertz CT molecular complexity index is 606. The Kier molecular flexibility index (Phi) is 5.62. The van der Waals surface area contributed by atoms with Gasteiger partial charge in [-0.1, -0.05) is 72.8 Å². The monoisotopic (exact) mass is 308 g/mol. The zero-order chi connectivity index (χ0) is 15.9. The van der Waals surface area contributed by atoms with E-state index in [1.54, 1.807) is 0 Å². The van der Waals surface area contributed by atoms with Gasteiger partial charge in [0, 0.05) is 0 Å². The molecule has 1 saturated carbocycles. The summed E-state index contributed by atoms with van der Waals surface area (Å²) in [4.78, 5) is 0. The van der Waals surface area contributed by atoms with Crippen molar-refractivity contribution in [2.45, 2.75) is 44.7 Å². The molecule has 0 N–H and O–H groups in total. The van der Waals surface area contributed by atoms with Gasteiger partial charge in [-0.3, -0.25) is 0 Å². The lowest BCUT2D eigenvalue weighted by Crippen LogP contribution is -2.35. The van der Waals surface area contributed by atoms with E-state index in [1.165, 1.54) is 16.7 Å². The Morgan fingerprint density at radius 2 is 1.30 bits per heavy atom. The molecule has 2 heteroatoms. The van der Waals surface area contributed by atoms with Crippen LogP contribution in [0.15, 0.2) is 72.8 Å². The van der Waals surface area contributed by atoms with Crippen molar-refractivity contribution in [3.8, 4) is 0 Å². The molecule has 0 heterocycles. The molecule has 0 aliphatic heterocycles. The molecule has 2 unspecified atom stereocenters. The van der Waals surface area contributed by atoms with Crippen molar-refractivity contribution in [3.63, 3.8) is 0 Å². The summed E-state index contributed by atoms with van der Waals surface area (Å²) in [5.74, 6) is 0. The van der Waals surface area contributed by atoms with Crippen LogP contribution in [0.4, 0.5) is 0 Å². The van der Waals surface area contributed by atoms with Gasteiger partial charge in [0.25, 0.3) is 0 Å². The number of rotatable bonds is 6. The molecule has 0 spiro atoms. The van der Waals surface area contributed by atoms with E-state index in [2.05, 4.69) is 30.8 Å². The molecule has 1 fully saturated rings. The fourth-order valence-corrected chi connectivity index (χ4v) is 2.96. The molecule has 120 valence electrons. The fraction of sp³-hybridized carbons (Fsp3) is 0.333. The van der Waals surface area contributed by atoms with Crippen molar-refractivity contribution in [1.82, 2.24) is 0 Å². The third-order valence-electron chi connectivity index (χ3n) is 4.30. The van der Waals surface area contributed by atoms with Gasteiger partial charge in [0.05, 0.1) is 25.4 Å². The fourth-order valence-electron chi connectivity index (χ4n) is 2.96. The van der Waals surface area contributed by atoms with Crippen molar-refractivity contribution >= 4 is 0 Å². The normalized spacial score (nSPS) is 21.3. The molecule has 0 amide bonds. The highest BCUT2D eigenvalue weighted by Crippen LogP contribution is 2.28. The molecule has 0 aromatic heterocycles. The average Bonchev–Trinajstić information content (AvgIpc) is 2.61. The molecule has 1 aliphatic carbocycles. The standard InChI is InChI=1S/C21H24O2/c1-17-12-13-20(22-15-18-8-4-2-5-9-18)21(14-17)23-16-19-10-6-3-7-11-19/h2-11,20-21H,1,12-16H2. The molecular formula is C21H24O2. The molecule has 2 aromatic rings. The molecule has 23 heavy (non-hydrogen) atoms. The number of benzene rings is 2. The van der Waals surface area contributed by atoms with Crippen LogP contribution in [-0.2, 0) is 22.7 Å². The van der Waals surface area contributed by atoms with Gasteiger partial charge in [-0.2, -0.15) is 0 Å². The maximum atomic E-state index is 6.15. The predicted molar refractivity (Wildman–Crippen MR) is 93.0 cm³/mol. The maximum absolute atomic E-state index is 6.15. The minimum absolute atomic E-state index is 0.0974. The van der Waals surface area contributed by atoms with Crippen LogP contribution in [0, 0.1) is 0 Å². The van der Waals surface area contributed by atoms with Crippen LogP contribution in [-0.4, -0.2) is 12.2 Å². The van der Waals surface area contributed by atoms with Crippen molar-refractivity contribution < 1.29 is 9.47 Å². The zero-order valence-corrected chi connectivity index (χ0v) is 13.5. The van der Waals surface area contributed by atoms with E-state index in [-0.39, 0.29) is 12.2 Å². The topological polar surface area (TPSA) is 18.5 Å². The Morgan fingerprint density at radius 1 is 0.783 bits per heavy atom. The first kappa shape index (κ1) is 16.0. The summed E-state index contributed by atoms with van der Waals surface area (Å²) in [6.07, 6.45) is 3.16. The van der Waals surface area contributed by atoms with E-state index in [9.17, 15) is 0 Å². The molecule has 0 saturated heterocycles. The summed E-state index contributed by atoms with van der Waals surface area (Å²) < 4.78 is 12.3. The first-order valence-electron chi connectivity index (χ1n) is 8.29. The van der Waals surface area contributed by atoms with Gasteiger partial charge < -0.3 is 9.47 Å². The first-order valence-corrected chi connectivity index (χ1v) is 8.29. The minimum atomic E-state index is 0.0974. The minimum Gasteiger partial charge on any atom is -0.371 e. The van der Waals surface area contributed by atoms with Gasteiger partial charge in [-0.25, -0.2) is 0 Å². The van der Waals surface area contributed by atoms with E-state index in [4.69, 9.17) is 9.47 Å².